The maximum Gasteiger partial charge on any atom is 0.171 e. The van der Waals surface area contributed by atoms with E-state index in [2.05, 4.69) is 21.9 Å². The molecule has 0 aliphatic carbocycles. The lowest BCUT2D eigenvalue weighted by Crippen LogP contribution is -2.37. The second-order valence-electron chi connectivity index (χ2n) is 3.59. The highest BCUT2D eigenvalue weighted by Gasteiger charge is 2.29. The first kappa shape index (κ1) is 12.4. The number of nitrogens with two attached hydrogens (primary N) is 1. The second kappa shape index (κ2) is 4.89. The normalized spacial score (nSPS) is 14.2. The van der Waals surface area contributed by atoms with E-state index in [4.69, 9.17) is 10.8 Å². The van der Waals surface area contributed by atoms with Crippen molar-refractivity contribution in [1.82, 2.24) is 9.97 Å². The predicted molar refractivity (Wildman–Crippen MR) is 60.7 cm³/mol. The molecule has 0 amide bonds. The van der Waals surface area contributed by atoms with E-state index in [1.807, 2.05) is 0 Å². The van der Waals surface area contributed by atoms with Crippen LogP contribution in [0.1, 0.15) is 6.92 Å². The number of aliphatic hydroxyl groups is 1. The van der Waals surface area contributed by atoms with Crippen LogP contribution in [0.3, 0.4) is 0 Å². The molecule has 5 nitrogen and oxygen atoms in total. The van der Waals surface area contributed by atoms with Crippen molar-refractivity contribution < 1.29 is 9.50 Å². The van der Waals surface area contributed by atoms with Crippen molar-refractivity contribution in [1.29, 1.82) is 0 Å². The van der Waals surface area contributed by atoms with Crippen LogP contribution in [-0.2, 0) is 0 Å². The summed E-state index contributed by atoms with van der Waals surface area (Å²) in [4.78, 5) is 7.56. The van der Waals surface area contributed by atoms with Crippen LogP contribution >= 0.6 is 0 Å². The van der Waals surface area contributed by atoms with E-state index in [9.17, 15) is 4.39 Å². The fraction of sp³-hybridized carbons (Fsp3) is 0.400. The van der Waals surface area contributed by atoms with Crippen LogP contribution in [0.4, 0.5) is 16.0 Å². The Hall–Kier alpha value is -1.69. The molecule has 0 radical (unpaired) electrons. The molecule has 16 heavy (non-hydrogen) atoms. The second-order valence-corrected chi connectivity index (χ2v) is 3.59. The largest absolute Gasteiger partial charge is 0.393 e. The first-order valence-electron chi connectivity index (χ1n) is 4.75. The van der Waals surface area contributed by atoms with Crippen molar-refractivity contribution in [3.63, 3.8) is 0 Å². The van der Waals surface area contributed by atoms with Crippen LogP contribution in [-0.4, -0.2) is 33.9 Å². The summed E-state index contributed by atoms with van der Waals surface area (Å²) in [5.74, 6) is 0.700. The number of nitrogens with one attached hydrogen (secondary N) is 1. The van der Waals surface area contributed by atoms with Gasteiger partial charge in [0, 0.05) is 6.07 Å². The molecule has 0 aliphatic heterocycles. The van der Waals surface area contributed by atoms with Crippen LogP contribution in [0.15, 0.2) is 24.5 Å². The van der Waals surface area contributed by atoms with Crippen LogP contribution in [0, 0.1) is 0 Å². The summed E-state index contributed by atoms with van der Waals surface area (Å²) >= 11 is 0. The molecule has 1 heterocycles. The predicted octanol–water partition coefficient (Wildman–Crippen LogP) is 0.747. The maximum atomic E-state index is 13.9. The van der Waals surface area contributed by atoms with E-state index in [-0.39, 0.29) is 12.1 Å². The van der Waals surface area contributed by atoms with Crippen LogP contribution in [0.5, 0.6) is 0 Å². The van der Waals surface area contributed by atoms with Crippen molar-refractivity contribution in [2.75, 3.05) is 24.2 Å². The Labute approximate surface area is 93.2 Å². The van der Waals surface area contributed by atoms with Crippen molar-refractivity contribution in [3.05, 3.63) is 24.5 Å². The summed E-state index contributed by atoms with van der Waals surface area (Å²) in [5, 5.41) is 11.7. The zero-order valence-corrected chi connectivity index (χ0v) is 9.07. The quantitative estimate of drug-likeness (QED) is 0.645. The van der Waals surface area contributed by atoms with Gasteiger partial charge in [0.15, 0.2) is 5.67 Å². The molecular weight excluding hydrogens is 211 g/mol. The standard InChI is InChI=1S/C10H15FN4O/c1-7(2)10(11,5-16)4-13-9-3-8(12)14-6-15-9/h3,6,16H,1,4-5H2,2H3,(H3,12,13,14,15). The molecule has 0 aromatic carbocycles. The molecule has 0 fully saturated rings. The van der Waals surface area contributed by atoms with Gasteiger partial charge in [0.05, 0.1) is 13.2 Å². The lowest BCUT2D eigenvalue weighted by atomic mass is 9.99. The van der Waals surface area contributed by atoms with Gasteiger partial charge in [-0.1, -0.05) is 6.58 Å². The molecule has 6 heteroatoms. The van der Waals surface area contributed by atoms with Crippen LogP contribution < -0.4 is 11.1 Å². The summed E-state index contributed by atoms with van der Waals surface area (Å²) < 4.78 is 13.9. The highest BCUT2D eigenvalue weighted by atomic mass is 19.1. The lowest BCUT2D eigenvalue weighted by molar-refractivity contribution is 0.115. The summed E-state index contributed by atoms with van der Waals surface area (Å²) in [6.07, 6.45) is 1.28. The third kappa shape index (κ3) is 2.90. The minimum absolute atomic E-state index is 0.116. The number of aliphatic hydroxyl groups excluding tert-OH is 1. The number of nitrogens with zero attached hydrogens (tertiary/aromatic N) is 2. The van der Waals surface area contributed by atoms with Gasteiger partial charge in [-0.2, -0.15) is 0 Å². The van der Waals surface area contributed by atoms with E-state index in [1.54, 1.807) is 0 Å². The van der Waals surface area contributed by atoms with Crippen LogP contribution in [0.25, 0.3) is 0 Å². The van der Waals surface area contributed by atoms with Gasteiger partial charge in [-0.25, -0.2) is 14.4 Å². The molecule has 1 unspecified atom stereocenters. The van der Waals surface area contributed by atoms with Crippen LogP contribution in [0.2, 0.25) is 0 Å². The first-order valence-corrected chi connectivity index (χ1v) is 4.75. The number of alkyl halides is 1. The molecule has 88 valence electrons. The Morgan fingerprint density at radius 1 is 1.69 bits per heavy atom. The number of hydrogen-bond donors (Lipinski definition) is 3. The zero-order chi connectivity index (χ0) is 12.2. The summed E-state index contributed by atoms with van der Waals surface area (Å²) in [6.45, 7) is 4.27. The smallest absolute Gasteiger partial charge is 0.171 e. The third-order valence-electron chi connectivity index (χ3n) is 2.25. The number of rotatable bonds is 5. The molecule has 1 aromatic rings. The average Bonchev–Trinajstić information content (AvgIpc) is 2.26. The number of anilines is 2. The van der Waals surface area contributed by atoms with E-state index in [1.165, 1.54) is 19.3 Å². The van der Waals surface area contributed by atoms with Crippen molar-refractivity contribution in [2.24, 2.45) is 0 Å². The minimum Gasteiger partial charge on any atom is -0.393 e. The number of hydrogen-bond acceptors (Lipinski definition) is 5. The molecule has 0 bridgehead atoms. The van der Waals surface area contributed by atoms with E-state index < -0.39 is 12.3 Å². The SMILES string of the molecule is C=C(C)C(F)(CO)CNc1cc(N)ncn1. The third-order valence-corrected chi connectivity index (χ3v) is 2.25. The average molecular weight is 226 g/mol. The summed E-state index contributed by atoms with van der Waals surface area (Å²) in [7, 11) is 0. The molecule has 1 atom stereocenters. The molecule has 0 saturated heterocycles. The van der Waals surface area contributed by atoms with Crippen molar-refractivity contribution >= 4 is 11.6 Å². The molecule has 0 spiro atoms. The highest BCUT2D eigenvalue weighted by Crippen LogP contribution is 2.20. The van der Waals surface area contributed by atoms with Gasteiger partial charge >= 0.3 is 0 Å². The Balaban J connectivity index is 2.66. The summed E-state index contributed by atoms with van der Waals surface area (Å²) in [6, 6.07) is 1.48. The van der Waals surface area contributed by atoms with Gasteiger partial charge in [-0.3, -0.25) is 0 Å². The molecule has 4 N–H and O–H groups in total. The van der Waals surface area contributed by atoms with Crippen molar-refractivity contribution in [2.45, 2.75) is 12.6 Å². The number of halogens is 1. The molecule has 1 rings (SSSR count). The zero-order valence-electron chi connectivity index (χ0n) is 9.07. The Morgan fingerprint density at radius 3 is 2.88 bits per heavy atom. The van der Waals surface area contributed by atoms with Gasteiger partial charge < -0.3 is 16.2 Å². The minimum atomic E-state index is -1.86. The number of aromatic nitrogens is 2. The topological polar surface area (TPSA) is 84.1 Å². The van der Waals surface area contributed by atoms with E-state index in [0.717, 1.165) is 0 Å². The van der Waals surface area contributed by atoms with E-state index in [0.29, 0.717) is 11.6 Å². The Kier molecular flexibility index (Phi) is 3.78. The monoisotopic (exact) mass is 226 g/mol. The highest BCUT2D eigenvalue weighted by molar-refractivity contribution is 5.43. The Bertz CT molecular complexity index is 385. The molecule has 0 saturated carbocycles. The van der Waals surface area contributed by atoms with Gasteiger partial charge in [-0.15, -0.1) is 0 Å². The Morgan fingerprint density at radius 2 is 2.38 bits per heavy atom. The lowest BCUT2D eigenvalue weighted by Gasteiger charge is -2.23. The van der Waals surface area contributed by atoms with Crippen molar-refractivity contribution in [3.8, 4) is 0 Å². The fourth-order valence-corrected chi connectivity index (χ4v) is 1.04. The fourth-order valence-electron chi connectivity index (χ4n) is 1.04. The first-order chi connectivity index (χ1) is 7.48. The molecule has 1 aromatic heterocycles. The van der Waals surface area contributed by atoms with Gasteiger partial charge in [-0.05, 0) is 12.5 Å². The van der Waals surface area contributed by atoms with Gasteiger partial charge in [0.2, 0.25) is 0 Å². The van der Waals surface area contributed by atoms with E-state index >= 15 is 0 Å². The number of nitrogen functional groups attached to an aromatic ring is 1. The summed E-state index contributed by atoms with van der Waals surface area (Å²) in [5.41, 5.74) is 3.83. The van der Waals surface area contributed by atoms with Gasteiger partial charge in [0.1, 0.15) is 18.0 Å². The molecule has 0 aliphatic rings. The van der Waals surface area contributed by atoms with Gasteiger partial charge in [0.25, 0.3) is 0 Å². The maximum absolute atomic E-state index is 13.9. The molecular formula is C10H15FN4O.